The van der Waals surface area contributed by atoms with Gasteiger partial charge >= 0.3 is 0 Å². The van der Waals surface area contributed by atoms with Gasteiger partial charge in [0.1, 0.15) is 0 Å². The van der Waals surface area contributed by atoms with E-state index in [4.69, 9.17) is 5.73 Å². The Hall–Kier alpha value is -0.530. The van der Waals surface area contributed by atoms with Crippen LogP contribution in [0.1, 0.15) is 40.0 Å². The lowest BCUT2D eigenvalue weighted by atomic mass is 9.65. The van der Waals surface area contributed by atoms with Crippen molar-refractivity contribution < 1.29 is 4.79 Å². The van der Waals surface area contributed by atoms with Gasteiger partial charge < -0.3 is 5.73 Å². The lowest BCUT2D eigenvalue weighted by molar-refractivity contribution is -0.134. The zero-order valence-corrected chi connectivity index (χ0v) is 8.76. The number of carbonyl (C=O) groups is 1. The van der Waals surface area contributed by atoms with E-state index in [2.05, 4.69) is 20.8 Å². The van der Waals surface area contributed by atoms with Crippen molar-refractivity contribution >= 4 is 5.91 Å². The monoisotopic (exact) mass is 181 g/mol. The summed E-state index contributed by atoms with van der Waals surface area (Å²) in [7, 11) is 0. The average molecular weight is 181 g/mol. The molecule has 1 amide bonds. The van der Waals surface area contributed by atoms with Crippen molar-refractivity contribution in [3.63, 3.8) is 0 Å². The summed E-state index contributed by atoms with van der Waals surface area (Å²) in [5.41, 5.74) is 5.54. The topological polar surface area (TPSA) is 43.1 Å². The van der Waals surface area contributed by atoms with Gasteiger partial charge in [0, 0.05) is 0 Å². The molecule has 2 fully saturated rings. The molecule has 0 spiro atoms. The highest BCUT2D eigenvalue weighted by atomic mass is 16.1. The number of rotatable bonds is 1. The predicted molar refractivity (Wildman–Crippen MR) is 51.9 cm³/mol. The summed E-state index contributed by atoms with van der Waals surface area (Å²) in [6, 6.07) is 0. The van der Waals surface area contributed by atoms with Gasteiger partial charge in [-0.05, 0) is 36.5 Å². The number of hydrogen-bond acceptors (Lipinski definition) is 1. The van der Waals surface area contributed by atoms with E-state index in [1.807, 2.05) is 0 Å². The quantitative estimate of drug-likeness (QED) is 0.660. The first kappa shape index (κ1) is 9.04. The fourth-order valence-electron chi connectivity index (χ4n) is 4.05. The fourth-order valence-corrected chi connectivity index (χ4v) is 4.05. The van der Waals surface area contributed by atoms with Gasteiger partial charge in [-0.2, -0.15) is 0 Å². The Kier molecular flexibility index (Phi) is 1.59. The summed E-state index contributed by atoms with van der Waals surface area (Å²) in [5, 5.41) is 0. The van der Waals surface area contributed by atoms with Gasteiger partial charge in [0.2, 0.25) is 5.91 Å². The smallest absolute Gasteiger partial charge is 0.224 e. The zero-order valence-electron chi connectivity index (χ0n) is 8.76. The van der Waals surface area contributed by atoms with Crippen molar-refractivity contribution in [2.75, 3.05) is 0 Å². The molecule has 2 aliphatic rings. The van der Waals surface area contributed by atoms with Crippen LogP contribution in [0.5, 0.6) is 0 Å². The molecule has 2 bridgehead atoms. The van der Waals surface area contributed by atoms with Crippen molar-refractivity contribution in [2.45, 2.75) is 40.0 Å². The number of carbonyl (C=O) groups excluding carboxylic acids is 1. The summed E-state index contributed by atoms with van der Waals surface area (Å²) in [5.74, 6) is 1.14. The molecule has 74 valence electrons. The van der Waals surface area contributed by atoms with Gasteiger partial charge in [0.25, 0.3) is 0 Å². The Morgan fingerprint density at radius 2 is 2.08 bits per heavy atom. The molecule has 0 aromatic rings. The Balaban J connectivity index is 2.49. The molecular weight excluding hydrogens is 162 g/mol. The third-order valence-electron chi connectivity index (χ3n) is 4.98. The molecule has 2 saturated carbocycles. The standard InChI is InChI=1S/C11H19NO/c1-7-6-8-4-5-11(7,9(12)13)10(8,2)3/h7-8H,4-6H2,1-3H3,(H2,12,13). The Labute approximate surface area is 79.9 Å². The molecule has 0 radical (unpaired) electrons. The lowest BCUT2D eigenvalue weighted by Gasteiger charge is -2.38. The second-order valence-electron chi connectivity index (χ2n) is 5.43. The molecule has 3 unspecified atom stereocenters. The average Bonchev–Trinajstić information content (AvgIpc) is 2.35. The molecule has 2 rings (SSSR count). The summed E-state index contributed by atoms with van der Waals surface area (Å²) < 4.78 is 0. The number of primary amides is 1. The van der Waals surface area contributed by atoms with E-state index in [0.717, 1.165) is 12.3 Å². The van der Waals surface area contributed by atoms with E-state index in [-0.39, 0.29) is 16.7 Å². The highest BCUT2D eigenvalue weighted by molar-refractivity contribution is 5.83. The van der Waals surface area contributed by atoms with Crippen LogP contribution in [-0.4, -0.2) is 5.91 Å². The second-order valence-corrected chi connectivity index (χ2v) is 5.43. The number of amides is 1. The Morgan fingerprint density at radius 3 is 2.31 bits per heavy atom. The third kappa shape index (κ3) is 0.773. The summed E-state index contributed by atoms with van der Waals surface area (Å²) in [6.07, 6.45) is 3.40. The molecule has 13 heavy (non-hydrogen) atoms. The van der Waals surface area contributed by atoms with Gasteiger partial charge in [0.15, 0.2) is 0 Å². The van der Waals surface area contributed by atoms with E-state index >= 15 is 0 Å². The van der Waals surface area contributed by atoms with Crippen LogP contribution in [-0.2, 0) is 4.79 Å². The van der Waals surface area contributed by atoms with Crippen LogP contribution in [0.3, 0.4) is 0 Å². The molecule has 2 nitrogen and oxygen atoms in total. The maximum Gasteiger partial charge on any atom is 0.224 e. The largest absolute Gasteiger partial charge is 0.369 e. The molecule has 0 heterocycles. The first-order chi connectivity index (χ1) is 5.93. The van der Waals surface area contributed by atoms with Crippen molar-refractivity contribution in [3.05, 3.63) is 0 Å². The van der Waals surface area contributed by atoms with E-state index in [1.54, 1.807) is 0 Å². The summed E-state index contributed by atoms with van der Waals surface area (Å²) in [6.45, 7) is 6.63. The zero-order chi connectivity index (χ0) is 9.85. The van der Waals surface area contributed by atoms with E-state index < -0.39 is 0 Å². The van der Waals surface area contributed by atoms with Gasteiger partial charge in [-0.1, -0.05) is 20.8 Å². The molecule has 0 aromatic heterocycles. The van der Waals surface area contributed by atoms with Gasteiger partial charge in [0.05, 0.1) is 5.41 Å². The van der Waals surface area contributed by atoms with Crippen LogP contribution in [0.25, 0.3) is 0 Å². The Morgan fingerprint density at radius 1 is 1.46 bits per heavy atom. The number of hydrogen-bond donors (Lipinski definition) is 1. The highest BCUT2D eigenvalue weighted by Crippen LogP contribution is 2.67. The maximum atomic E-state index is 11.6. The summed E-state index contributed by atoms with van der Waals surface area (Å²) >= 11 is 0. The molecule has 2 aliphatic carbocycles. The summed E-state index contributed by atoms with van der Waals surface area (Å²) in [4.78, 5) is 11.6. The van der Waals surface area contributed by atoms with Crippen molar-refractivity contribution in [2.24, 2.45) is 28.4 Å². The van der Waals surface area contributed by atoms with Crippen LogP contribution < -0.4 is 5.73 Å². The van der Waals surface area contributed by atoms with Crippen LogP contribution in [0.15, 0.2) is 0 Å². The molecule has 2 heteroatoms. The van der Waals surface area contributed by atoms with E-state index in [9.17, 15) is 4.79 Å². The Bertz CT molecular complexity index is 259. The van der Waals surface area contributed by atoms with Gasteiger partial charge in [-0.15, -0.1) is 0 Å². The molecule has 2 N–H and O–H groups in total. The third-order valence-corrected chi connectivity index (χ3v) is 4.98. The number of nitrogens with two attached hydrogens (primary N) is 1. The first-order valence-corrected chi connectivity index (χ1v) is 5.23. The van der Waals surface area contributed by atoms with Crippen LogP contribution in [0.2, 0.25) is 0 Å². The minimum absolute atomic E-state index is 0.0648. The first-order valence-electron chi connectivity index (χ1n) is 5.23. The van der Waals surface area contributed by atoms with E-state index in [1.165, 1.54) is 12.8 Å². The normalized spacial score (nSPS) is 46.7. The molecule has 0 saturated heterocycles. The molecule has 0 aliphatic heterocycles. The lowest BCUT2D eigenvalue weighted by Crippen LogP contribution is -2.46. The molecular formula is C11H19NO. The minimum Gasteiger partial charge on any atom is -0.369 e. The van der Waals surface area contributed by atoms with Crippen molar-refractivity contribution in [1.82, 2.24) is 0 Å². The van der Waals surface area contributed by atoms with Crippen LogP contribution in [0.4, 0.5) is 0 Å². The fraction of sp³-hybridized carbons (Fsp3) is 0.909. The van der Waals surface area contributed by atoms with Crippen molar-refractivity contribution in [3.8, 4) is 0 Å². The van der Waals surface area contributed by atoms with Gasteiger partial charge in [-0.3, -0.25) is 4.79 Å². The van der Waals surface area contributed by atoms with Crippen molar-refractivity contribution in [1.29, 1.82) is 0 Å². The molecule has 0 aromatic carbocycles. The minimum atomic E-state index is -0.197. The van der Waals surface area contributed by atoms with Gasteiger partial charge in [-0.25, -0.2) is 0 Å². The number of fused-ring (bicyclic) bond motifs is 2. The maximum absolute atomic E-state index is 11.6. The predicted octanol–water partition coefficient (Wildman–Crippen LogP) is 1.93. The van der Waals surface area contributed by atoms with Crippen LogP contribution in [0, 0.1) is 22.7 Å². The van der Waals surface area contributed by atoms with Crippen LogP contribution >= 0.6 is 0 Å². The second kappa shape index (κ2) is 2.28. The van der Waals surface area contributed by atoms with E-state index in [0.29, 0.717) is 5.92 Å². The molecule has 3 atom stereocenters. The highest BCUT2D eigenvalue weighted by Gasteiger charge is 2.65. The SMILES string of the molecule is CC1CC2CCC1(C(N)=O)C2(C)C.